The van der Waals surface area contributed by atoms with Crippen molar-refractivity contribution in [2.24, 2.45) is 0 Å². The second-order valence-electron chi connectivity index (χ2n) is 13.3. The number of fused-ring (bicyclic) bond motifs is 2. The van der Waals surface area contributed by atoms with E-state index in [2.05, 4.69) is 16.0 Å². The lowest BCUT2D eigenvalue weighted by Crippen LogP contribution is -2.66. The van der Waals surface area contributed by atoms with Gasteiger partial charge >= 0.3 is 5.97 Å². The molecule has 15 heteroatoms. The highest BCUT2D eigenvalue weighted by molar-refractivity contribution is 5.78. The molecule has 2 bridgehead atoms. The number of carbonyl (C=O) groups excluding carboxylic acids is 4. The fraction of sp³-hybridized carbons (Fsp3) is 0.857. The highest BCUT2D eigenvalue weighted by Crippen LogP contribution is 2.37. The number of ketones is 1. The normalized spacial score (nSPS) is 22.6. The van der Waals surface area contributed by atoms with Gasteiger partial charge in [-0.25, -0.2) is 0 Å². The Morgan fingerprint density at radius 2 is 1.28 bits per heavy atom. The average molecular weight is 716 g/mol. The Kier molecular flexibility index (Phi) is 22.0. The van der Waals surface area contributed by atoms with Crippen molar-refractivity contribution >= 4 is 29.5 Å². The van der Waals surface area contributed by atoms with E-state index >= 15 is 0 Å². The number of aliphatic hydroxyl groups is 2. The maximum absolute atomic E-state index is 12.1. The number of ether oxygens (including phenoxy) is 4. The molecule has 0 aliphatic carbocycles. The third-order valence-electron chi connectivity index (χ3n) is 8.84. The summed E-state index contributed by atoms with van der Waals surface area (Å²) >= 11 is 0. The maximum Gasteiger partial charge on any atom is 0.303 e. The van der Waals surface area contributed by atoms with E-state index in [4.69, 9.17) is 24.1 Å². The summed E-state index contributed by atoms with van der Waals surface area (Å²) in [5, 5.41) is 37.8. The van der Waals surface area contributed by atoms with E-state index in [0.29, 0.717) is 77.9 Å². The van der Waals surface area contributed by atoms with Crippen LogP contribution in [0.15, 0.2) is 0 Å². The maximum atomic E-state index is 12.1. The minimum atomic E-state index is -1.30. The molecular formula is C35H61N3O12. The number of carboxylic acid groups (broad SMARTS) is 1. The largest absolute Gasteiger partial charge is 0.481 e. The van der Waals surface area contributed by atoms with Crippen LogP contribution >= 0.6 is 0 Å². The molecule has 0 unspecified atom stereocenters. The summed E-state index contributed by atoms with van der Waals surface area (Å²) in [5.74, 6) is -1.07. The van der Waals surface area contributed by atoms with Crippen molar-refractivity contribution in [1.29, 1.82) is 0 Å². The summed E-state index contributed by atoms with van der Waals surface area (Å²) in [6.45, 7) is 3.28. The van der Waals surface area contributed by atoms with Gasteiger partial charge in [0, 0.05) is 65.3 Å². The van der Waals surface area contributed by atoms with Crippen LogP contribution in [-0.2, 0) is 42.9 Å². The molecule has 0 aromatic carbocycles. The van der Waals surface area contributed by atoms with Gasteiger partial charge in [-0.05, 0) is 38.5 Å². The standard InChI is InChI=1S/C35H61N3O12/c1-26(39)38-31-32(45)33(46)35(25-49-34(31)50-35)24-48-21-11-10-16-28(41)36-19-13-20-37-29(42)18-23-47-22-12-15-27(40)14-8-6-4-2-3-5-7-9-17-30(43)44/h31-34,45-46H,2-25H2,1H3,(H,36,41)(H,37,42)(H,38,39)(H,43,44)/t31-,32-,33-,34+,35+/m1/s1. The van der Waals surface area contributed by atoms with Gasteiger partial charge in [0.2, 0.25) is 17.7 Å². The summed E-state index contributed by atoms with van der Waals surface area (Å²) in [5.41, 5.74) is -1.21. The van der Waals surface area contributed by atoms with E-state index in [1.54, 1.807) is 0 Å². The Morgan fingerprint density at radius 3 is 1.94 bits per heavy atom. The summed E-state index contributed by atoms with van der Waals surface area (Å²) < 4.78 is 22.5. The lowest BCUT2D eigenvalue weighted by atomic mass is 9.88. The van der Waals surface area contributed by atoms with Crippen molar-refractivity contribution in [3.8, 4) is 0 Å². The SMILES string of the molecule is CC(=O)N[C@H]1[C@H]2OC[C@](COCCCCC(=O)NCCCNC(=O)CCOCCCC(=O)CCCCCCCCCCC(=O)O)(O2)[C@H](O)[C@@H]1O. The van der Waals surface area contributed by atoms with Crippen molar-refractivity contribution in [3.05, 3.63) is 0 Å². The van der Waals surface area contributed by atoms with Gasteiger partial charge in [0.1, 0.15) is 29.6 Å². The molecule has 3 amide bonds. The molecule has 2 aliphatic heterocycles. The van der Waals surface area contributed by atoms with E-state index in [9.17, 15) is 34.2 Å². The zero-order chi connectivity index (χ0) is 36.6. The molecule has 15 nitrogen and oxygen atoms in total. The number of hydrogen-bond donors (Lipinski definition) is 6. The number of amides is 3. The zero-order valence-electron chi connectivity index (χ0n) is 29.8. The Labute approximate surface area is 295 Å². The van der Waals surface area contributed by atoms with Crippen molar-refractivity contribution in [3.63, 3.8) is 0 Å². The summed E-state index contributed by atoms with van der Waals surface area (Å²) in [6, 6.07) is -0.868. The quantitative estimate of drug-likeness (QED) is 0.0588. The Bertz CT molecular complexity index is 1030. The minimum Gasteiger partial charge on any atom is -0.481 e. The minimum absolute atomic E-state index is 0.00352. The molecule has 2 fully saturated rings. The van der Waals surface area contributed by atoms with Gasteiger partial charge in [0.25, 0.3) is 0 Å². The van der Waals surface area contributed by atoms with Crippen molar-refractivity contribution in [2.75, 3.05) is 46.1 Å². The van der Waals surface area contributed by atoms with E-state index in [0.717, 1.165) is 51.4 Å². The van der Waals surface area contributed by atoms with E-state index < -0.39 is 36.1 Å². The van der Waals surface area contributed by atoms with Gasteiger partial charge in [0.05, 0.1) is 19.8 Å². The molecule has 0 spiro atoms. The van der Waals surface area contributed by atoms with Crippen LogP contribution in [0.2, 0.25) is 0 Å². The van der Waals surface area contributed by atoms with E-state index in [-0.39, 0.29) is 49.6 Å². The number of Topliss-reactive ketones (excluding diaryl/α,β-unsaturated/α-hetero) is 1. The molecule has 2 saturated heterocycles. The van der Waals surface area contributed by atoms with Crippen molar-refractivity contribution in [1.82, 2.24) is 16.0 Å². The predicted molar refractivity (Wildman–Crippen MR) is 182 cm³/mol. The van der Waals surface area contributed by atoms with Crippen molar-refractivity contribution in [2.45, 2.75) is 146 Å². The fourth-order valence-corrected chi connectivity index (χ4v) is 5.95. The van der Waals surface area contributed by atoms with Crippen molar-refractivity contribution < 1.29 is 58.2 Å². The second-order valence-corrected chi connectivity index (χ2v) is 13.3. The number of rotatable bonds is 30. The Balaban J connectivity index is 1.34. The number of aliphatic carboxylic acids is 1. The van der Waals surface area contributed by atoms with Gasteiger partial charge < -0.3 is 50.2 Å². The molecular weight excluding hydrogens is 654 g/mol. The highest BCUT2D eigenvalue weighted by Gasteiger charge is 2.59. The van der Waals surface area contributed by atoms with Crippen LogP contribution in [0.25, 0.3) is 0 Å². The summed E-state index contributed by atoms with van der Waals surface area (Å²) in [4.78, 5) is 58.0. The third kappa shape index (κ3) is 18.0. The first kappa shape index (κ1) is 43.5. The molecule has 2 heterocycles. The molecule has 0 aromatic heterocycles. The molecule has 288 valence electrons. The van der Waals surface area contributed by atoms with E-state index in [1.165, 1.54) is 6.92 Å². The number of unbranched alkanes of at least 4 members (excludes halogenated alkanes) is 8. The van der Waals surface area contributed by atoms with Crippen LogP contribution in [0, 0.1) is 0 Å². The summed E-state index contributed by atoms with van der Waals surface area (Å²) in [6.07, 6.45) is 8.98. The molecule has 5 atom stereocenters. The van der Waals surface area contributed by atoms with Gasteiger partial charge in [0.15, 0.2) is 6.29 Å². The van der Waals surface area contributed by atoms with Crippen LogP contribution in [0.4, 0.5) is 0 Å². The number of aliphatic hydroxyl groups excluding tert-OH is 2. The molecule has 6 N–H and O–H groups in total. The van der Waals surface area contributed by atoms with Crippen LogP contribution in [0.5, 0.6) is 0 Å². The van der Waals surface area contributed by atoms with Crippen LogP contribution < -0.4 is 16.0 Å². The van der Waals surface area contributed by atoms with Gasteiger partial charge in [-0.3, -0.25) is 24.0 Å². The van der Waals surface area contributed by atoms with E-state index in [1.807, 2.05) is 0 Å². The zero-order valence-corrected chi connectivity index (χ0v) is 29.8. The Hall–Kier alpha value is -2.69. The lowest BCUT2D eigenvalue weighted by molar-refractivity contribution is -0.237. The molecule has 0 saturated carbocycles. The highest BCUT2D eigenvalue weighted by atomic mass is 16.7. The molecule has 50 heavy (non-hydrogen) atoms. The van der Waals surface area contributed by atoms with Gasteiger partial charge in [-0.1, -0.05) is 38.5 Å². The van der Waals surface area contributed by atoms with Gasteiger partial charge in [-0.2, -0.15) is 0 Å². The molecule has 2 rings (SSSR count). The topological polar surface area (TPSA) is 219 Å². The van der Waals surface area contributed by atoms with Crippen LogP contribution in [0.3, 0.4) is 0 Å². The number of nitrogens with one attached hydrogen (secondary N) is 3. The third-order valence-corrected chi connectivity index (χ3v) is 8.84. The molecule has 2 aliphatic rings. The second kappa shape index (κ2) is 25.3. The first-order valence-corrected chi connectivity index (χ1v) is 18.4. The predicted octanol–water partition coefficient (Wildman–Crippen LogP) is 1.89. The van der Waals surface area contributed by atoms with Crippen LogP contribution in [-0.4, -0.2) is 121 Å². The average Bonchev–Trinajstić information content (AvgIpc) is 3.48. The molecule has 0 radical (unpaired) electrons. The molecule has 0 aromatic rings. The fourth-order valence-electron chi connectivity index (χ4n) is 5.95. The smallest absolute Gasteiger partial charge is 0.303 e. The first-order chi connectivity index (χ1) is 24.0. The number of carbonyl (C=O) groups is 5. The number of carboxylic acids is 1. The monoisotopic (exact) mass is 715 g/mol. The lowest BCUT2D eigenvalue weighted by Gasteiger charge is -2.42. The van der Waals surface area contributed by atoms with Crippen LogP contribution in [0.1, 0.15) is 116 Å². The number of hydrogen-bond acceptors (Lipinski definition) is 11. The summed E-state index contributed by atoms with van der Waals surface area (Å²) in [7, 11) is 0. The Morgan fingerprint density at radius 1 is 0.700 bits per heavy atom. The first-order valence-electron chi connectivity index (χ1n) is 18.4. The van der Waals surface area contributed by atoms with Gasteiger partial charge in [-0.15, -0.1) is 0 Å².